The van der Waals surface area contributed by atoms with Gasteiger partial charge in [0.1, 0.15) is 0 Å². The van der Waals surface area contributed by atoms with Crippen molar-refractivity contribution in [3.8, 4) is 11.1 Å². The summed E-state index contributed by atoms with van der Waals surface area (Å²) in [4.78, 5) is 0. The Morgan fingerprint density at radius 1 is 0.710 bits per heavy atom. The van der Waals surface area contributed by atoms with Crippen LogP contribution in [0.5, 0.6) is 0 Å². The molecule has 1 unspecified atom stereocenters. The van der Waals surface area contributed by atoms with Crippen LogP contribution in [0.4, 0.5) is 0 Å². The van der Waals surface area contributed by atoms with Gasteiger partial charge < -0.3 is 0 Å². The fourth-order valence-electron chi connectivity index (χ4n) is 5.60. The molecule has 0 aromatic heterocycles. The summed E-state index contributed by atoms with van der Waals surface area (Å²) in [5.41, 5.74) is 5.75. The van der Waals surface area contributed by atoms with Crippen LogP contribution in [0.2, 0.25) is 0 Å². The molecule has 0 saturated heterocycles. The fourth-order valence-corrected chi connectivity index (χ4v) is 5.60. The molecule has 0 N–H and O–H groups in total. The fraction of sp³-hybridized carbons (Fsp3) is 0.613. The van der Waals surface area contributed by atoms with Gasteiger partial charge in [-0.3, -0.25) is 0 Å². The van der Waals surface area contributed by atoms with E-state index in [1.54, 1.807) is 5.56 Å². The first-order chi connectivity index (χ1) is 15.2. The first kappa shape index (κ1) is 24.1. The highest BCUT2D eigenvalue weighted by molar-refractivity contribution is 5.64. The minimum Gasteiger partial charge on any atom is -0.0654 e. The van der Waals surface area contributed by atoms with Crippen LogP contribution in [0.3, 0.4) is 0 Å². The van der Waals surface area contributed by atoms with E-state index in [1.807, 2.05) is 0 Å². The summed E-state index contributed by atoms with van der Waals surface area (Å²) in [6.45, 7) is 6.96. The molecule has 0 heteroatoms. The average Bonchev–Trinajstić information content (AvgIpc) is 2.80. The molecular formula is C31H46. The van der Waals surface area contributed by atoms with E-state index in [2.05, 4.69) is 69.3 Å². The third-order valence-electron chi connectivity index (χ3n) is 7.60. The maximum Gasteiger partial charge on any atom is -0.0162 e. The number of hydrogen-bond donors (Lipinski definition) is 0. The highest BCUT2D eigenvalue weighted by atomic mass is 14.3. The number of rotatable bonds is 12. The van der Waals surface area contributed by atoms with Crippen molar-refractivity contribution in [1.82, 2.24) is 0 Å². The molecule has 2 aromatic carbocycles. The van der Waals surface area contributed by atoms with Crippen molar-refractivity contribution in [2.45, 2.75) is 110 Å². The Morgan fingerprint density at radius 2 is 1.32 bits per heavy atom. The molecule has 0 bridgehead atoms. The largest absolute Gasteiger partial charge is 0.0654 e. The lowest BCUT2D eigenvalue weighted by atomic mass is 9.77. The van der Waals surface area contributed by atoms with Crippen LogP contribution in [0, 0.1) is 11.8 Å². The van der Waals surface area contributed by atoms with Gasteiger partial charge in [-0.05, 0) is 72.1 Å². The summed E-state index contributed by atoms with van der Waals surface area (Å²) in [6.07, 6.45) is 18.1. The second-order valence-electron chi connectivity index (χ2n) is 10.3. The first-order valence-corrected chi connectivity index (χ1v) is 13.4. The van der Waals surface area contributed by atoms with Crippen LogP contribution in [0.25, 0.3) is 11.1 Å². The van der Waals surface area contributed by atoms with Crippen LogP contribution in [-0.4, -0.2) is 0 Å². The summed E-state index contributed by atoms with van der Waals surface area (Å²) in [7, 11) is 0. The molecule has 1 aliphatic rings. The Labute approximate surface area is 192 Å². The Bertz CT molecular complexity index is 716. The van der Waals surface area contributed by atoms with E-state index in [0.29, 0.717) is 0 Å². The second-order valence-corrected chi connectivity index (χ2v) is 10.3. The van der Waals surface area contributed by atoms with Crippen molar-refractivity contribution in [2.24, 2.45) is 11.8 Å². The highest BCUT2D eigenvalue weighted by Gasteiger charge is 2.22. The Kier molecular flexibility index (Phi) is 10.2. The van der Waals surface area contributed by atoms with Crippen molar-refractivity contribution in [3.05, 3.63) is 59.7 Å². The highest BCUT2D eigenvalue weighted by Crippen LogP contribution is 2.38. The van der Waals surface area contributed by atoms with E-state index < -0.39 is 0 Å². The minimum atomic E-state index is 0.784. The van der Waals surface area contributed by atoms with Gasteiger partial charge in [0, 0.05) is 0 Å². The van der Waals surface area contributed by atoms with E-state index in [4.69, 9.17) is 0 Å². The predicted molar refractivity (Wildman–Crippen MR) is 138 cm³/mol. The molecule has 2 aromatic rings. The molecule has 31 heavy (non-hydrogen) atoms. The molecule has 0 amide bonds. The maximum atomic E-state index is 2.41. The van der Waals surface area contributed by atoms with Crippen molar-refractivity contribution in [2.75, 3.05) is 0 Å². The van der Waals surface area contributed by atoms with Crippen molar-refractivity contribution >= 4 is 0 Å². The molecular weight excluding hydrogens is 372 g/mol. The smallest absolute Gasteiger partial charge is 0.0162 e. The van der Waals surface area contributed by atoms with Crippen LogP contribution in [-0.2, 0) is 6.42 Å². The Hall–Kier alpha value is -1.56. The van der Waals surface area contributed by atoms with E-state index >= 15 is 0 Å². The molecule has 3 rings (SSSR count). The SMILES string of the molecule is CCCCCCCC1CCC(c2ccc(-c3ccc(CC(C)CCC)cc3)cc2)CC1. The number of benzene rings is 2. The van der Waals surface area contributed by atoms with E-state index in [9.17, 15) is 0 Å². The summed E-state index contributed by atoms with van der Waals surface area (Å²) in [5, 5.41) is 0. The molecule has 0 spiro atoms. The van der Waals surface area contributed by atoms with Crippen molar-refractivity contribution < 1.29 is 0 Å². The molecule has 1 atom stereocenters. The van der Waals surface area contributed by atoms with Gasteiger partial charge >= 0.3 is 0 Å². The third kappa shape index (κ3) is 7.81. The van der Waals surface area contributed by atoms with Crippen LogP contribution in [0.1, 0.15) is 115 Å². The summed E-state index contributed by atoms with van der Waals surface area (Å²) >= 11 is 0. The predicted octanol–water partition coefficient (Wildman–Crippen LogP) is 9.97. The van der Waals surface area contributed by atoms with E-state index in [1.165, 1.54) is 100 Å². The van der Waals surface area contributed by atoms with Gasteiger partial charge in [0.15, 0.2) is 0 Å². The summed E-state index contributed by atoms with van der Waals surface area (Å²) < 4.78 is 0. The molecule has 0 aliphatic heterocycles. The van der Waals surface area contributed by atoms with E-state index in [0.717, 1.165) is 17.8 Å². The van der Waals surface area contributed by atoms with Crippen LogP contribution < -0.4 is 0 Å². The van der Waals surface area contributed by atoms with Crippen LogP contribution >= 0.6 is 0 Å². The zero-order chi connectivity index (χ0) is 21.9. The van der Waals surface area contributed by atoms with Gasteiger partial charge in [0.2, 0.25) is 0 Å². The summed E-state index contributed by atoms with van der Waals surface area (Å²) in [6, 6.07) is 18.8. The average molecular weight is 419 g/mol. The third-order valence-corrected chi connectivity index (χ3v) is 7.60. The lowest BCUT2D eigenvalue weighted by molar-refractivity contribution is 0.302. The van der Waals surface area contributed by atoms with Crippen molar-refractivity contribution in [3.63, 3.8) is 0 Å². The monoisotopic (exact) mass is 418 g/mol. The molecule has 1 fully saturated rings. The van der Waals surface area contributed by atoms with Gasteiger partial charge in [-0.2, -0.15) is 0 Å². The zero-order valence-electron chi connectivity index (χ0n) is 20.5. The van der Waals surface area contributed by atoms with Gasteiger partial charge in [-0.25, -0.2) is 0 Å². The lowest BCUT2D eigenvalue weighted by Crippen LogP contribution is -2.13. The van der Waals surface area contributed by atoms with Gasteiger partial charge in [0.25, 0.3) is 0 Å². The zero-order valence-corrected chi connectivity index (χ0v) is 20.5. The van der Waals surface area contributed by atoms with Gasteiger partial charge in [-0.1, -0.05) is 121 Å². The Morgan fingerprint density at radius 3 is 1.94 bits per heavy atom. The minimum absolute atomic E-state index is 0.784. The van der Waals surface area contributed by atoms with E-state index in [-0.39, 0.29) is 0 Å². The Balaban J connectivity index is 1.46. The van der Waals surface area contributed by atoms with Gasteiger partial charge in [-0.15, -0.1) is 0 Å². The molecule has 0 nitrogen and oxygen atoms in total. The molecule has 1 aliphatic carbocycles. The number of hydrogen-bond acceptors (Lipinski definition) is 0. The quantitative estimate of drug-likeness (QED) is 0.301. The molecule has 0 radical (unpaired) electrons. The van der Waals surface area contributed by atoms with Crippen LogP contribution in [0.15, 0.2) is 48.5 Å². The van der Waals surface area contributed by atoms with Gasteiger partial charge in [0.05, 0.1) is 0 Å². The second kappa shape index (κ2) is 13.1. The topological polar surface area (TPSA) is 0 Å². The normalized spacial score (nSPS) is 20.0. The molecule has 1 saturated carbocycles. The number of unbranched alkanes of at least 4 members (excludes halogenated alkanes) is 4. The molecule has 0 heterocycles. The van der Waals surface area contributed by atoms with Crippen molar-refractivity contribution in [1.29, 1.82) is 0 Å². The maximum absolute atomic E-state index is 2.41. The summed E-state index contributed by atoms with van der Waals surface area (Å²) in [5.74, 6) is 2.56. The standard InChI is InChI=1S/C31H46/c1-4-6-7-8-9-11-26-12-16-28(17-13-26)30-20-22-31(23-21-30)29-18-14-27(15-19-29)24-25(3)10-5-2/h14-15,18-23,25-26,28H,4-13,16-17,24H2,1-3H3. The molecule has 170 valence electrons. The first-order valence-electron chi connectivity index (χ1n) is 13.4. The lowest BCUT2D eigenvalue weighted by Gasteiger charge is -2.29.